The molecule has 2 heteroatoms. The smallest absolute Gasteiger partial charge is 0.160 e. The number of allylic oxidation sites excluding steroid dienone is 2. The van der Waals surface area contributed by atoms with E-state index >= 15 is 0 Å². The highest BCUT2D eigenvalue weighted by Crippen LogP contribution is 2.28. The number of fused-ring (bicyclic) bond motifs is 1. The molecule has 0 heterocycles. The van der Waals surface area contributed by atoms with Crippen molar-refractivity contribution in [2.24, 2.45) is 0 Å². The molecular formula is C11H9FO. The van der Waals surface area contributed by atoms with Gasteiger partial charge >= 0.3 is 0 Å². The fraction of sp³-hybridized carbons (Fsp3) is 0.182. The zero-order valence-corrected chi connectivity index (χ0v) is 7.30. The number of hydrogen-bond donors (Lipinski definition) is 0. The molecule has 0 N–H and O–H groups in total. The average molecular weight is 176 g/mol. The lowest BCUT2D eigenvalue weighted by Crippen LogP contribution is -1.94. The number of rotatable bonds is 1. The van der Waals surface area contributed by atoms with Crippen LogP contribution in [0.2, 0.25) is 0 Å². The normalized spacial score (nSPS) is 13.8. The van der Waals surface area contributed by atoms with Gasteiger partial charge in [0.1, 0.15) is 5.82 Å². The van der Waals surface area contributed by atoms with Gasteiger partial charge in [-0.05, 0) is 36.6 Å². The quantitative estimate of drug-likeness (QED) is 0.642. The minimum absolute atomic E-state index is 0.0466. The number of benzene rings is 1. The summed E-state index contributed by atoms with van der Waals surface area (Å²) < 4.78 is 12.8. The van der Waals surface area contributed by atoms with Gasteiger partial charge in [0.15, 0.2) is 5.78 Å². The number of Topliss-reactive ketones (excluding diaryl/α,β-unsaturated/α-hetero) is 1. The highest BCUT2D eigenvalue weighted by atomic mass is 19.1. The first-order chi connectivity index (χ1) is 6.18. The first-order valence-electron chi connectivity index (χ1n) is 4.18. The molecule has 1 aromatic carbocycles. The topological polar surface area (TPSA) is 17.1 Å². The summed E-state index contributed by atoms with van der Waals surface area (Å²) in [7, 11) is 0. The molecule has 1 aromatic rings. The molecule has 0 spiro atoms. The Hall–Kier alpha value is -1.44. The third kappa shape index (κ3) is 1.28. The summed E-state index contributed by atoms with van der Waals surface area (Å²) >= 11 is 0. The van der Waals surface area contributed by atoms with Crippen molar-refractivity contribution < 1.29 is 9.18 Å². The van der Waals surface area contributed by atoms with E-state index in [0.717, 1.165) is 16.7 Å². The Morgan fingerprint density at radius 1 is 1.46 bits per heavy atom. The first kappa shape index (κ1) is 8.17. The maximum absolute atomic E-state index is 12.8. The van der Waals surface area contributed by atoms with Gasteiger partial charge in [0, 0.05) is 5.57 Å². The lowest BCUT2D eigenvalue weighted by atomic mass is 10.0. The van der Waals surface area contributed by atoms with Crippen LogP contribution in [0.3, 0.4) is 0 Å². The van der Waals surface area contributed by atoms with Gasteiger partial charge in [-0.15, -0.1) is 0 Å². The molecule has 0 unspecified atom stereocenters. The van der Waals surface area contributed by atoms with Crippen LogP contribution in [0, 0.1) is 5.82 Å². The maximum Gasteiger partial charge on any atom is 0.160 e. The highest BCUT2D eigenvalue weighted by Gasteiger charge is 2.17. The van der Waals surface area contributed by atoms with Crippen LogP contribution >= 0.6 is 0 Å². The fourth-order valence-electron chi connectivity index (χ4n) is 1.65. The van der Waals surface area contributed by atoms with Crippen LogP contribution in [0.25, 0.3) is 5.57 Å². The Morgan fingerprint density at radius 3 is 2.92 bits per heavy atom. The second-order valence-electron chi connectivity index (χ2n) is 3.18. The highest BCUT2D eigenvalue weighted by molar-refractivity contribution is 6.20. The van der Waals surface area contributed by atoms with E-state index in [0.29, 0.717) is 6.42 Å². The Balaban J connectivity index is 2.51. The molecule has 0 aromatic heterocycles. The largest absolute Gasteiger partial charge is 0.295 e. The van der Waals surface area contributed by atoms with Gasteiger partial charge in [-0.3, -0.25) is 4.79 Å². The van der Waals surface area contributed by atoms with Crippen molar-refractivity contribution in [1.82, 2.24) is 0 Å². The lowest BCUT2D eigenvalue weighted by molar-refractivity contribution is -0.111. The van der Waals surface area contributed by atoms with Crippen molar-refractivity contribution in [3.8, 4) is 0 Å². The first-order valence-corrected chi connectivity index (χ1v) is 4.18. The van der Waals surface area contributed by atoms with Crippen molar-refractivity contribution in [3.63, 3.8) is 0 Å². The van der Waals surface area contributed by atoms with Gasteiger partial charge in [-0.25, -0.2) is 4.39 Å². The summed E-state index contributed by atoms with van der Waals surface area (Å²) in [6, 6.07) is 4.55. The van der Waals surface area contributed by atoms with Crippen molar-refractivity contribution >= 4 is 11.4 Å². The SMILES string of the molecule is CC(=O)C1=CCc2cc(F)ccc21. The van der Waals surface area contributed by atoms with E-state index in [9.17, 15) is 9.18 Å². The van der Waals surface area contributed by atoms with E-state index in [1.54, 1.807) is 6.07 Å². The number of halogens is 1. The van der Waals surface area contributed by atoms with Crippen LogP contribution in [0.4, 0.5) is 4.39 Å². The summed E-state index contributed by atoms with van der Waals surface area (Å²) in [6.07, 6.45) is 2.52. The molecule has 0 saturated heterocycles. The lowest BCUT2D eigenvalue weighted by Gasteiger charge is -2.01. The molecule has 1 aliphatic rings. The van der Waals surface area contributed by atoms with E-state index in [1.165, 1.54) is 19.1 Å². The molecular weight excluding hydrogens is 167 g/mol. The van der Waals surface area contributed by atoms with Crippen LogP contribution in [-0.2, 0) is 11.2 Å². The molecule has 0 bridgehead atoms. The van der Waals surface area contributed by atoms with Gasteiger partial charge in [0.25, 0.3) is 0 Å². The van der Waals surface area contributed by atoms with E-state index in [-0.39, 0.29) is 11.6 Å². The molecule has 0 atom stereocenters. The van der Waals surface area contributed by atoms with Crippen molar-refractivity contribution in [1.29, 1.82) is 0 Å². The Labute approximate surface area is 75.9 Å². The van der Waals surface area contributed by atoms with Gasteiger partial charge in [-0.2, -0.15) is 0 Å². The molecule has 0 amide bonds. The van der Waals surface area contributed by atoms with Gasteiger partial charge < -0.3 is 0 Å². The number of carbonyl (C=O) groups is 1. The summed E-state index contributed by atoms with van der Waals surface area (Å²) in [5.41, 5.74) is 2.51. The van der Waals surface area contributed by atoms with E-state index in [4.69, 9.17) is 0 Å². The maximum atomic E-state index is 12.8. The monoisotopic (exact) mass is 176 g/mol. The van der Waals surface area contributed by atoms with Crippen LogP contribution in [0.5, 0.6) is 0 Å². The zero-order valence-electron chi connectivity index (χ0n) is 7.30. The van der Waals surface area contributed by atoms with Gasteiger partial charge in [0.2, 0.25) is 0 Å². The van der Waals surface area contributed by atoms with E-state index in [2.05, 4.69) is 0 Å². The fourth-order valence-corrected chi connectivity index (χ4v) is 1.65. The second-order valence-corrected chi connectivity index (χ2v) is 3.18. The molecule has 0 aliphatic heterocycles. The molecule has 2 rings (SSSR count). The number of carbonyl (C=O) groups excluding carboxylic acids is 1. The van der Waals surface area contributed by atoms with Crippen LogP contribution in [0.1, 0.15) is 18.1 Å². The number of ketones is 1. The van der Waals surface area contributed by atoms with Crippen LogP contribution in [0.15, 0.2) is 24.3 Å². The van der Waals surface area contributed by atoms with Crippen LogP contribution in [-0.4, -0.2) is 5.78 Å². The third-order valence-corrected chi connectivity index (χ3v) is 2.26. The standard InChI is InChI=1S/C11H9FO/c1-7(13)10-4-2-8-6-9(12)3-5-11(8)10/h3-6H,2H2,1H3. The van der Waals surface area contributed by atoms with Gasteiger partial charge in [-0.1, -0.05) is 12.1 Å². The molecule has 1 aliphatic carbocycles. The molecule has 0 radical (unpaired) electrons. The molecule has 66 valence electrons. The summed E-state index contributed by atoms with van der Waals surface area (Å²) in [4.78, 5) is 11.1. The molecule has 13 heavy (non-hydrogen) atoms. The predicted octanol–water partition coefficient (Wildman–Crippen LogP) is 2.35. The molecule has 1 nitrogen and oxygen atoms in total. The predicted molar refractivity (Wildman–Crippen MR) is 48.8 cm³/mol. The minimum atomic E-state index is -0.239. The van der Waals surface area contributed by atoms with Gasteiger partial charge in [0.05, 0.1) is 0 Å². The summed E-state index contributed by atoms with van der Waals surface area (Å²) in [5, 5.41) is 0. The van der Waals surface area contributed by atoms with Crippen molar-refractivity contribution in [2.45, 2.75) is 13.3 Å². The Bertz CT molecular complexity index is 405. The van der Waals surface area contributed by atoms with Crippen LogP contribution < -0.4 is 0 Å². The third-order valence-electron chi connectivity index (χ3n) is 2.26. The minimum Gasteiger partial charge on any atom is -0.295 e. The van der Waals surface area contributed by atoms with E-state index in [1.807, 2.05) is 6.08 Å². The summed E-state index contributed by atoms with van der Waals surface area (Å²) in [5.74, 6) is -0.192. The zero-order chi connectivity index (χ0) is 9.42. The summed E-state index contributed by atoms with van der Waals surface area (Å²) in [6.45, 7) is 1.53. The average Bonchev–Trinajstić information content (AvgIpc) is 2.46. The van der Waals surface area contributed by atoms with E-state index < -0.39 is 0 Å². The Kier molecular flexibility index (Phi) is 1.76. The Morgan fingerprint density at radius 2 is 2.23 bits per heavy atom. The van der Waals surface area contributed by atoms with Crippen molar-refractivity contribution in [2.75, 3.05) is 0 Å². The van der Waals surface area contributed by atoms with Crippen molar-refractivity contribution in [3.05, 3.63) is 41.2 Å². The second kappa shape index (κ2) is 2.80. The number of hydrogen-bond acceptors (Lipinski definition) is 1. The molecule has 0 saturated carbocycles. The molecule has 0 fully saturated rings.